The number of sulfone groups is 1. The molecule has 168 valence electrons. The summed E-state index contributed by atoms with van der Waals surface area (Å²) in [5, 5.41) is 2.75. The van der Waals surface area contributed by atoms with Crippen molar-refractivity contribution < 1.29 is 22.7 Å². The third-order valence-electron chi connectivity index (χ3n) is 5.43. The van der Waals surface area contributed by atoms with E-state index in [1.165, 1.54) is 6.26 Å². The third-order valence-corrected chi connectivity index (χ3v) is 6.35. The van der Waals surface area contributed by atoms with Crippen molar-refractivity contribution in [3.8, 4) is 0 Å². The number of nitrogens with one attached hydrogen (secondary N) is 1. The van der Waals surface area contributed by atoms with Crippen LogP contribution in [0.25, 0.3) is 0 Å². The SMILES string of the molecule is CC[C@H](C)[C@H](NC(=O)OCc1ccccc1)C(=O)N1CCN(CCS(C)(=O)=O)CC1. The molecule has 2 amide bonds. The first-order valence-electron chi connectivity index (χ1n) is 10.4. The molecule has 1 aliphatic heterocycles. The molecule has 1 heterocycles. The molecular formula is C21H33N3O5S. The van der Waals surface area contributed by atoms with Gasteiger partial charge in [0.1, 0.15) is 22.5 Å². The Balaban J connectivity index is 1.88. The second kappa shape index (κ2) is 11.3. The molecule has 2 rings (SSSR count). The highest BCUT2D eigenvalue weighted by Gasteiger charge is 2.32. The zero-order valence-corrected chi connectivity index (χ0v) is 18.9. The van der Waals surface area contributed by atoms with Crippen LogP contribution in [-0.2, 0) is 26.0 Å². The molecule has 1 aliphatic rings. The minimum Gasteiger partial charge on any atom is -0.445 e. The summed E-state index contributed by atoms with van der Waals surface area (Å²) in [6.07, 6.45) is 1.36. The number of amides is 2. The van der Waals surface area contributed by atoms with Crippen molar-refractivity contribution in [1.29, 1.82) is 0 Å². The van der Waals surface area contributed by atoms with Gasteiger partial charge in [0.25, 0.3) is 0 Å². The predicted octanol–water partition coefficient (Wildman–Crippen LogP) is 1.52. The minimum absolute atomic E-state index is 0.0370. The van der Waals surface area contributed by atoms with E-state index in [2.05, 4.69) is 5.32 Å². The van der Waals surface area contributed by atoms with Gasteiger partial charge < -0.3 is 15.0 Å². The van der Waals surface area contributed by atoms with Crippen LogP contribution in [0.3, 0.4) is 0 Å². The molecule has 0 spiro atoms. The average Bonchev–Trinajstić information content (AvgIpc) is 2.74. The highest BCUT2D eigenvalue weighted by molar-refractivity contribution is 7.90. The zero-order chi connectivity index (χ0) is 22.1. The maximum atomic E-state index is 13.1. The lowest BCUT2D eigenvalue weighted by atomic mass is 9.97. The van der Waals surface area contributed by atoms with Crippen LogP contribution >= 0.6 is 0 Å². The number of carbonyl (C=O) groups is 2. The van der Waals surface area contributed by atoms with E-state index in [1.807, 2.05) is 49.1 Å². The summed E-state index contributed by atoms with van der Waals surface area (Å²) in [5.74, 6) is -0.0422. The number of alkyl carbamates (subject to hydrolysis) is 1. The van der Waals surface area contributed by atoms with Crippen LogP contribution < -0.4 is 5.32 Å². The van der Waals surface area contributed by atoms with Gasteiger partial charge in [0, 0.05) is 39.0 Å². The minimum atomic E-state index is -3.00. The van der Waals surface area contributed by atoms with Gasteiger partial charge in [0.2, 0.25) is 5.91 Å². The molecule has 0 radical (unpaired) electrons. The Morgan fingerprint density at radius 2 is 1.77 bits per heavy atom. The van der Waals surface area contributed by atoms with E-state index < -0.39 is 22.0 Å². The highest BCUT2D eigenvalue weighted by atomic mass is 32.2. The second-order valence-corrected chi connectivity index (χ2v) is 10.1. The molecule has 1 aromatic carbocycles. The van der Waals surface area contributed by atoms with E-state index in [4.69, 9.17) is 4.74 Å². The summed E-state index contributed by atoms with van der Waals surface area (Å²) in [4.78, 5) is 29.2. The quantitative estimate of drug-likeness (QED) is 0.627. The Hall–Kier alpha value is -2.13. The maximum absolute atomic E-state index is 13.1. The van der Waals surface area contributed by atoms with Gasteiger partial charge in [-0.15, -0.1) is 0 Å². The predicted molar refractivity (Wildman–Crippen MR) is 116 cm³/mol. The van der Waals surface area contributed by atoms with Gasteiger partial charge >= 0.3 is 6.09 Å². The molecule has 0 bridgehead atoms. The zero-order valence-electron chi connectivity index (χ0n) is 18.0. The van der Waals surface area contributed by atoms with Gasteiger partial charge in [-0.05, 0) is 11.5 Å². The second-order valence-electron chi connectivity index (χ2n) is 7.87. The van der Waals surface area contributed by atoms with Crippen LogP contribution in [0.2, 0.25) is 0 Å². The van der Waals surface area contributed by atoms with E-state index in [9.17, 15) is 18.0 Å². The van der Waals surface area contributed by atoms with Crippen LogP contribution in [-0.4, -0.2) is 81.0 Å². The van der Waals surface area contributed by atoms with Crippen molar-refractivity contribution in [3.05, 3.63) is 35.9 Å². The first kappa shape index (κ1) is 24.1. The number of rotatable bonds is 9. The monoisotopic (exact) mass is 439 g/mol. The van der Waals surface area contributed by atoms with Crippen molar-refractivity contribution in [2.45, 2.75) is 32.9 Å². The Morgan fingerprint density at radius 3 is 2.33 bits per heavy atom. The largest absolute Gasteiger partial charge is 0.445 e. The first-order valence-corrected chi connectivity index (χ1v) is 12.4. The molecule has 8 nitrogen and oxygen atoms in total. The van der Waals surface area contributed by atoms with E-state index in [1.54, 1.807) is 4.90 Å². The van der Waals surface area contributed by atoms with Crippen LogP contribution in [0.5, 0.6) is 0 Å². The number of nitrogens with zero attached hydrogens (tertiary/aromatic N) is 2. The van der Waals surface area contributed by atoms with E-state index in [-0.39, 0.29) is 24.2 Å². The van der Waals surface area contributed by atoms with E-state index in [0.717, 1.165) is 12.0 Å². The van der Waals surface area contributed by atoms with Crippen molar-refractivity contribution in [2.75, 3.05) is 44.7 Å². The van der Waals surface area contributed by atoms with Crippen molar-refractivity contribution in [2.24, 2.45) is 5.92 Å². The summed E-state index contributed by atoms with van der Waals surface area (Å²) in [5.41, 5.74) is 0.879. The lowest BCUT2D eigenvalue weighted by Gasteiger charge is -2.37. The number of benzene rings is 1. The fourth-order valence-corrected chi connectivity index (χ4v) is 3.85. The van der Waals surface area contributed by atoms with Crippen LogP contribution in [0.4, 0.5) is 4.79 Å². The molecule has 30 heavy (non-hydrogen) atoms. The van der Waals surface area contributed by atoms with Gasteiger partial charge in [-0.2, -0.15) is 0 Å². The third kappa shape index (κ3) is 7.95. The van der Waals surface area contributed by atoms with Gasteiger partial charge in [0.15, 0.2) is 0 Å². The Morgan fingerprint density at radius 1 is 1.13 bits per heavy atom. The lowest BCUT2D eigenvalue weighted by molar-refractivity contribution is -0.136. The fourth-order valence-electron chi connectivity index (χ4n) is 3.26. The van der Waals surface area contributed by atoms with Gasteiger partial charge in [0.05, 0.1) is 5.75 Å². The molecule has 0 aliphatic carbocycles. The number of hydrogen-bond donors (Lipinski definition) is 1. The van der Waals surface area contributed by atoms with Crippen molar-refractivity contribution >= 4 is 21.8 Å². The van der Waals surface area contributed by atoms with Crippen LogP contribution in [0.1, 0.15) is 25.8 Å². The summed E-state index contributed by atoms with van der Waals surface area (Å²) >= 11 is 0. The van der Waals surface area contributed by atoms with Crippen LogP contribution in [0.15, 0.2) is 30.3 Å². The topological polar surface area (TPSA) is 96.0 Å². The number of carbonyl (C=O) groups excluding carboxylic acids is 2. The fraction of sp³-hybridized carbons (Fsp3) is 0.619. The smallest absolute Gasteiger partial charge is 0.408 e. The molecule has 1 fully saturated rings. The maximum Gasteiger partial charge on any atom is 0.408 e. The van der Waals surface area contributed by atoms with Crippen LogP contribution in [0, 0.1) is 5.92 Å². The van der Waals surface area contributed by atoms with Gasteiger partial charge in [-0.1, -0.05) is 50.6 Å². The molecule has 0 aromatic heterocycles. The molecule has 1 aromatic rings. The Kier molecular flexibility index (Phi) is 9.10. The number of ether oxygens (including phenoxy) is 1. The molecule has 1 N–H and O–H groups in total. The molecule has 0 saturated carbocycles. The Bertz CT molecular complexity index is 792. The van der Waals surface area contributed by atoms with Crippen molar-refractivity contribution in [3.63, 3.8) is 0 Å². The first-order chi connectivity index (χ1) is 14.2. The van der Waals surface area contributed by atoms with E-state index >= 15 is 0 Å². The number of piperazine rings is 1. The van der Waals surface area contributed by atoms with E-state index in [0.29, 0.717) is 32.7 Å². The average molecular weight is 440 g/mol. The normalized spacial score (nSPS) is 17.2. The summed E-state index contributed by atoms with van der Waals surface area (Å²) in [6, 6.07) is 8.72. The Labute approximate surface area is 179 Å². The molecular weight excluding hydrogens is 406 g/mol. The molecule has 1 saturated heterocycles. The molecule has 2 atom stereocenters. The highest BCUT2D eigenvalue weighted by Crippen LogP contribution is 2.14. The summed E-state index contributed by atoms with van der Waals surface area (Å²) in [6.45, 7) is 6.78. The summed E-state index contributed by atoms with van der Waals surface area (Å²) < 4.78 is 28.0. The lowest BCUT2D eigenvalue weighted by Crippen LogP contribution is -2.57. The number of hydrogen-bond acceptors (Lipinski definition) is 6. The molecule has 0 unspecified atom stereocenters. The van der Waals surface area contributed by atoms with Gasteiger partial charge in [-0.3, -0.25) is 9.69 Å². The van der Waals surface area contributed by atoms with Crippen molar-refractivity contribution in [1.82, 2.24) is 15.1 Å². The standard InChI is InChI=1S/C21H33N3O5S/c1-4-17(2)19(22-21(26)29-16-18-8-6-5-7-9-18)20(25)24-12-10-23(11-13-24)14-15-30(3,27)28/h5-9,17,19H,4,10-16H2,1-3H3,(H,22,26)/t17-,19-/m0/s1. The van der Waals surface area contributed by atoms with Gasteiger partial charge in [-0.25, -0.2) is 13.2 Å². The molecule has 9 heteroatoms. The summed E-state index contributed by atoms with van der Waals surface area (Å²) in [7, 11) is -3.00.